The predicted molar refractivity (Wildman–Crippen MR) is 89.9 cm³/mol. The molecule has 0 unspecified atom stereocenters. The lowest BCUT2D eigenvalue weighted by molar-refractivity contribution is 0.0903. The maximum atomic E-state index is 11.6. The van der Waals surface area contributed by atoms with E-state index in [0.29, 0.717) is 18.2 Å². The molecule has 1 saturated heterocycles. The summed E-state index contributed by atoms with van der Waals surface area (Å²) in [5.41, 5.74) is 5.71. The molecule has 1 aliphatic heterocycles. The van der Waals surface area contributed by atoms with E-state index in [4.69, 9.17) is 10.5 Å². The van der Waals surface area contributed by atoms with E-state index in [1.54, 1.807) is 0 Å². The second-order valence-electron chi connectivity index (χ2n) is 6.51. The van der Waals surface area contributed by atoms with Crippen LogP contribution in [0.1, 0.15) is 48.9 Å². The molecule has 2 aliphatic rings. The molecule has 1 aromatic heterocycles. The van der Waals surface area contributed by atoms with Crippen LogP contribution in [0.4, 0.5) is 11.8 Å². The monoisotopic (exact) mass is 335 g/mol. The van der Waals surface area contributed by atoms with Crippen molar-refractivity contribution in [3.63, 3.8) is 0 Å². The van der Waals surface area contributed by atoms with Gasteiger partial charge in [0.25, 0.3) is 5.91 Å². The van der Waals surface area contributed by atoms with Crippen LogP contribution >= 0.6 is 0 Å². The fourth-order valence-electron chi connectivity index (χ4n) is 3.25. The van der Waals surface area contributed by atoms with Crippen molar-refractivity contribution in [2.45, 2.75) is 56.7 Å². The molecule has 1 amide bonds. The summed E-state index contributed by atoms with van der Waals surface area (Å²) in [5, 5.41) is 16.4. The van der Waals surface area contributed by atoms with E-state index >= 15 is 0 Å². The number of hydrogen-bond acceptors (Lipinski definition) is 7. The number of aliphatic hydroxyl groups excluding tert-OH is 1. The third kappa shape index (κ3) is 4.33. The number of carbonyl (C=O) groups excluding carboxylic acids is 1. The molecule has 2 heterocycles. The fourth-order valence-corrected chi connectivity index (χ4v) is 3.25. The molecule has 8 nitrogen and oxygen atoms in total. The van der Waals surface area contributed by atoms with Crippen LogP contribution in [0.25, 0.3) is 0 Å². The van der Waals surface area contributed by atoms with Gasteiger partial charge in [0.05, 0.1) is 11.7 Å². The zero-order valence-electron chi connectivity index (χ0n) is 13.7. The van der Waals surface area contributed by atoms with E-state index in [1.807, 2.05) is 0 Å². The Morgan fingerprint density at radius 2 is 2.00 bits per heavy atom. The largest absolute Gasteiger partial charge is 0.393 e. The minimum Gasteiger partial charge on any atom is -0.393 e. The van der Waals surface area contributed by atoms with Crippen LogP contribution in [-0.2, 0) is 4.74 Å². The molecule has 1 aliphatic carbocycles. The van der Waals surface area contributed by atoms with Crippen LogP contribution in [0.15, 0.2) is 6.20 Å². The van der Waals surface area contributed by atoms with Gasteiger partial charge in [-0.2, -0.15) is 4.98 Å². The van der Waals surface area contributed by atoms with Gasteiger partial charge in [-0.15, -0.1) is 0 Å². The number of aliphatic hydroxyl groups is 1. The zero-order valence-corrected chi connectivity index (χ0v) is 13.7. The molecule has 0 radical (unpaired) electrons. The van der Waals surface area contributed by atoms with Crippen LogP contribution in [-0.4, -0.2) is 52.4 Å². The molecular formula is C16H25N5O3. The molecule has 0 bridgehead atoms. The minimum atomic E-state index is -0.563. The number of hydrogen-bond donors (Lipinski definition) is 4. The first kappa shape index (κ1) is 16.9. The van der Waals surface area contributed by atoms with Gasteiger partial charge in [0.2, 0.25) is 5.95 Å². The van der Waals surface area contributed by atoms with Crippen molar-refractivity contribution in [1.29, 1.82) is 0 Å². The highest BCUT2D eigenvalue weighted by Gasteiger charge is 2.23. The summed E-state index contributed by atoms with van der Waals surface area (Å²) in [6.07, 6.45) is 6.29. The highest BCUT2D eigenvalue weighted by Crippen LogP contribution is 2.24. The maximum absolute atomic E-state index is 11.6. The summed E-state index contributed by atoms with van der Waals surface area (Å²) in [7, 11) is 0. The first-order valence-corrected chi connectivity index (χ1v) is 8.57. The van der Waals surface area contributed by atoms with Gasteiger partial charge in [-0.3, -0.25) is 4.79 Å². The number of anilines is 2. The third-order valence-electron chi connectivity index (χ3n) is 4.60. The zero-order chi connectivity index (χ0) is 16.9. The molecule has 8 heteroatoms. The molecule has 5 N–H and O–H groups in total. The Kier molecular flexibility index (Phi) is 5.47. The number of nitrogens with zero attached hydrogens (tertiary/aromatic N) is 2. The smallest absolute Gasteiger partial charge is 0.254 e. The van der Waals surface area contributed by atoms with Crippen molar-refractivity contribution in [3.8, 4) is 0 Å². The molecular weight excluding hydrogens is 310 g/mol. The summed E-state index contributed by atoms with van der Waals surface area (Å²) >= 11 is 0. The van der Waals surface area contributed by atoms with Gasteiger partial charge in [0.15, 0.2) is 0 Å². The van der Waals surface area contributed by atoms with Gasteiger partial charge in [-0.1, -0.05) is 0 Å². The molecule has 1 saturated carbocycles. The average Bonchev–Trinajstić information content (AvgIpc) is 2.56. The normalized spacial score (nSPS) is 25.2. The Balaban J connectivity index is 1.73. The lowest BCUT2D eigenvalue weighted by Crippen LogP contribution is -2.32. The van der Waals surface area contributed by atoms with Gasteiger partial charge >= 0.3 is 0 Å². The van der Waals surface area contributed by atoms with E-state index < -0.39 is 5.91 Å². The summed E-state index contributed by atoms with van der Waals surface area (Å²) < 4.78 is 5.34. The number of aromatic nitrogens is 2. The van der Waals surface area contributed by atoms with Crippen LogP contribution in [0.5, 0.6) is 0 Å². The van der Waals surface area contributed by atoms with Gasteiger partial charge in [0.1, 0.15) is 5.82 Å². The Morgan fingerprint density at radius 1 is 1.21 bits per heavy atom. The molecule has 0 spiro atoms. The molecule has 0 aromatic carbocycles. The Bertz CT molecular complexity index is 577. The first-order valence-electron chi connectivity index (χ1n) is 8.57. The second-order valence-corrected chi connectivity index (χ2v) is 6.51. The SMILES string of the molecule is NC(=O)c1cnc(NC2CCOCC2)nc1N[C@@H]1CCC[C@H](O)C1. The van der Waals surface area contributed by atoms with Crippen LogP contribution < -0.4 is 16.4 Å². The maximum Gasteiger partial charge on any atom is 0.254 e. The van der Waals surface area contributed by atoms with Crippen molar-refractivity contribution in [3.05, 3.63) is 11.8 Å². The van der Waals surface area contributed by atoms with Crippen molar-refractivity contribution < 1.29 is 14.6 Å². The predicted octanol–water partition coefficient (Wildman–Crippen LogP) is 0.882. The fraction of sp³-hybridized carbons (Fsp3) is 0.688. The standard InChI is InChI=1S/C16H25N5O3/c17-14(23)13-9-18-16(20-10-4-6-24-7-5-10)21-15(13)19-11-2-1-3-12(22)8-11/h9-12,22H,1-8H2,(H2,17,23)(H2,18,19,20,21)/t11-,12+/m1/s1. The Morgan fingerprint density at radius 3 is 2.71 bits per heavy atom. The number of ether oxygens (including phenoxy) is 1. The van der Waals surface area contributed by atoms with E-state index in [0.717, 1.165) is 45.3 Å². The van der Waals surface area contributed by atoms with Crippen molar-refractivity contribution in [2.24, 2.45) is 5.73 Å². The Labute approximate surface area is 141 Å². The first-order chi connectivity index (χ1) is 11.6. The molecule has 1 aromatic rings. The highest BCUT2D eigenvalue weighted by atomic mass is 16.5. The topological polar surface area (TPSA) is 122 Å². The Hall–Kier alpha value is -1.93. The van der Waals surface area contributed by atoms with Crippen LogP contribution in [0.3, 0.4) is 0 Å². The van der Waals surface area contributed by atoms with Crippen LogP contribution in [0.2, 0.25) is 0 Å². The second kappa shape index (κ2) is 7.76. The number of nitrogens with one attached hydrogen (secondary N) is 2. The summed E-state index contributed by atoms with van der Waals surface area (Å²) in [6, 6.07) is 0.347. The summed E-state index contributed by atoms with van der Waals surface area (Å²) in [4.78, 5) is 20.3. The molecule has 24 heavy (non-hydrogen) atoms. The number of rotatable bonds is 5. The molecule has 2 fully saturated rings. The highest BCUT2D eigenvalue weighted by molar-refractivity contribution is 5.97. The number of amides is 1. The average molecular weight is 335 g/mol. The van der Waals surface area contributed by atoms with E-state index in [9.17, 15) is 9.90 Å². The van der Waals surface area contributed by atoms with Crippen molar-refractivity contribution in [1.82, 2.24) is 9.97 Å². The number of primary amides is 1. The van der Waals surface area contributed by atoms with Gasteiger partial charge in [-0.05, 0) is 38.5 Å². The number of carbonyl (C=O) groups is 1. The van der Waals surface area contributed by atoms with Gasteiger partial charge < -0.3 is 26.2 Å². The molecule has 132 valence electrons. The van der Waals surface area contributed by atoms with Crippen molar-refractivity contribution >= 4 is 17.7 Å². The van der Waals surface area contributed by atoms with E-state index in [1.165, 1.54) is 6.20 Å². The van der Waals surface area contributed by atoms with Crippen molar-refractivity contribution in [2.75, 3.05) is 23.8 Å². The number of nitrogens with two attached hydrogens (primary N) is 1. The van der Waals surface area contributed by atoms with Gasteiger partial charge in [-0.25, -0.2) is 4.98 Å². The molecule has 2 atom stereocenters. The lowest BCUT2D eigenvalue weighted by Gasteiger charge is -2.28. The molecule has 3 rings (SSSR count). The summed E-state index contributed by atoms with van der Waals surface area (Å²) in [6.45, 7) is 1.45. The van der Waals surface area contributed by atoms with Gasteiger partial charge in [0, 0.05) is 31.5 Å². The van der Waals surface area contributed by atoms with E-state index in [-0.39, 0.29) is 23.8 Å². The third-order valence-corrected chi connectivity index (χ3v) is 4.60. The quantitative estimate of drug-likeness (QED) is 0.630. The summed E-state index contributed by atoms with van der Waals surface area (Å²) in [5.74, 6) is 0.350. The van der Waals surface area contributed by atoms with E-state index in [2.05, 4.69) is 20.6 Å². The lowest BCUT2D eigenvalue weighted by atomic mass is 9.93. The van der Waals surface area contributed by atoms with Crippen LogP contribution in [0, 0.1) is 0 Å². The minimum absolute atomic E-state index is 0.0812.